The van der Waals surface area contributed by atoms with Gasteiger partial charge in [0, 0.05) is 22.7 Å². The molecule has 2 aromatic rings. The molecule has 0 unspecified atom stereocenters. The second-order valence-electron chi connectivity index (χ2n) is 4.65. The van der Waals surface area contributed by atoms with Crippen LogP contribution in [0.5, 0.6) is 5.75 Å². The van der Waals surface area contributed by atoms with Gasteiger partial charge in [-0.1, -0.05) is 46.4 Å². The van der Waals surface area contributed by atoms with Crippen molar-refractivity contribution in [3.05, 3.63) is 56.0 Å². The zero-order valence-corrected chi connectivity index (χ0v) is 15.6. The minimum Gasteiger partial charge on any atom is -0.490 e. The predicted molar refractivity (Wildman–Crippen MR) is 98.2 cm³/mol. The number of rotatable bonds is 6. The smallest absolute Gasteiger partial charge is 0.340 e. The summed E-state index contributed by atoms with van der Waals surface area (Å²) < 4.78 is 10.3. The van der Waals surface area contributed by atoms with Gasteiger partial charge in [0.2, 0.25) is 0 Å². The lowest BCUT2D eigenvalue weighted by Crippen LogP contribution is -2.15. The summed E-state index contributed by atoms with van der Waals surface area (Å²) in [4.78, 5) is 11.8. The molecule has 0 aliphatic carbocycles. The van der Waals surface area contributed by atoms with Gasteiger partial charge in [-0.3, -0.25) is 0 Å². The van der Waals surface area contributed by atoms with E-state index in [0.29, 0.717) is 38.1 Å². The summed E-state index contributed by atoms with van der Waals surface area (Å²) in [6.07, 6.45) is 0. The SMILES string of the molecule is COC(=O)c1cc(Cl)cc(Cl)c1NCCOc1cc(Cl)ccc1Cl. The van der Waals surface area contributed by atoms with Crippen LogP contribution in [0, 0.1) is 0 Å². The van der Waals surface area contributed by atoms with Crippen LogP contribution < -0.4 is 10.1 Å². The number of benzene rings is 2. The Hall–Kier alpha value is -1.33. The van der Waals surface area contributed by atoms with Crippen molar-refractivity contribution >= 4 is 58.1 Å². The van der Waals surface area contributed by atoms with E-state index in [9.17, 15) is 4.79 Å². The zero-order valence-electron chi connectivity index (χ0n) is 12.5. The van der Waals surface area contributed by atoms with Crippen LogP contribution in [0.25, 0.3) is 0 Å². The lowest BCUT2D eigenvalue weighted by molar-refractivity contribution is 0.0602. The fourth-order valence-electron chi connectivity index (χ4n) is 1.95. The fourth-order valence-corrected chi connectivity index (χ4v) is 2.84. The highest BCUT2D eigenvalue weighted by Crippen LogP contribution is 2.31. The van der Waals surface area contributed by atoms with Crippen LogP contribution >= 0.6 is 46.4 Å². The maximum Gasteiger partial charge on any atom is 0.340 e. The largest absolute Gasteiger partial charge is 0.490 e. The van der Waals surface area contributed by atoms with E-state index >= 15 is 0 Å². The number of carbonyl (C=O) groups is 1. The summed E-state index contributed by atoms with van der Waals surface area (Å²) >= 11 is 24.0. The first-order chi connectivity index (χ1) is 11.4. The molecule has 0 saturated carbocycles. The summed E-state index contributed by atoms with van der Waals surface area (Å²) in [6.45, 7) is 0.647. The van der Waals surface area contributed by atoms with Crippen LogP contribution in [0.4, 0.5) is 5.69 Å². The quantitative estimate of drug-likeness (QED) is 0.500. The molecule has 0 radical (unpaired) electrons. The molecule has 0 heterocycles. The standard InChI is InChI=1S/C16H13Cl4NO3/c1-23-16(22)11-6-10(18)7-13(20)15(11)21-4-5-24-14-8-9(17)2-3-12(14)19/h2-3,6-8,21H,4-5H2,1H3. The molecule has 0 saturated heterocycles. The third-order valence-corrected chi connectivity index (χ3v) is 4.08. The summed E-state index contributed by atoms with van der Waals surface area (Å²) in [5, 5.41) is 4.67. The molecule has 1 N–H and O–H groups in total. The first kappa shape index (κ1) is 19.0. The van der Waals surface area contributed by atoms with E-state index in [1.165, 1.54) is 19.2 Å². The van der Waals surface area contributed by atoms with Crippen molar-refractivity contribution < 1.29 is 14.3 Å². The Bertz CT molecular complexity index is 752. The third kappa shape index (κ3) is 4.84. The van der Waals surface area contributed by atoms with Gasteiger partial charge in [0.25, 0.3) is 0 Å². The van der Waals surface area contributed by atoms with Gasteiger partial charge in [0.05, 0.1) is 28.4 Å². The van der Waals surface area contributed by atoms with Crippen LogP contribution in [-0.2, 0) is 4.74 Å². The van der Waals surface area contributed by atoms with Crippen molar-refractivity contribution in [1.82, 2.24) is 0 Å². The van der Waals surface area contributed by atoms with E-state index in [4.69, 9.17) is 55.9 Å². The van der Waals surface area contributed by atoms with Crippen LogP contribution in [0.2, 0.25) is 20.1 Å². The normalized spacial score (nSPS) is 10.4. The number of methoxy groups -OCH3 is 1. The van der Waals surface area contributed by atoms with E-state index in [1.54, 1.807) is 18.2 Å². The van der Waals surface area contributed by atoms with Crippen LogP contribution in [0.15, 0.2) is 30.3 Å². The van der Waals surface area contributed by atoms with Crippen molar-refractivity contribution in [2.45, 2.75) is 0 Å². The van der Waals surface area contributed by atoms with Crippen LogP contribution in [0.1, 0.15) is 10.4 Å². The second-order valence-corrected chi connectivity index (χ2v) is 6.34. The maximum absolute atomic E-state index is 11.8. The highest BCUT2D eigenvalue weighted by molar-refractivity contribution is 6.37. The molecule has 0 fully saturated rings. The first-order valence-electron chi connectivity index (χ1n) is 6.81. The van der Waals surface area contributed by atoms with E-state index in [-0.39, 0.29) is 12.2 Å². The monoisotopic (exact) mass is 407 g/mol. The number of hydrogen-bond acceptors (Lipinski definition) is 4. The number of carbonyl (C=O) groups excluding carboxylic acids is 1. The summed E-state index contributed by atoms with van der Waals surface area (Å²) in [5.41, 5.74) is 0.671. The van der Waals surface area contributed by atoms with Crippen LogP contribution in [0.3, 0.4) is 0 Å². The van der Waals surface area contributed by atoms with Gasteiger partial charge in [-0.25, -0.2) is 4.79 Å². The molecule has 0 atom stereocenters. The number of esters is 1. The number of anilines is 1. The zero-order chi connectivity index (χ0) is 17.7. The van der Waals surface area contributed by atoms with E-state index in [1.807, 2.05) is 0 Å². The Morgan fingerprint density at radius 1 is 1.04 bits per heavy atom. The van der Waals surface area contributed by atoms with E-state index in [2.05, 4.69) is 5.32 Å². The van der Waals surface area contributed by atoms with Crippen molar-refractivity contribution in [1.29, 1.82) is 0 Å². The van der Waals surface area contributed by atoms with Crippen molar-refractivity contribution in [2.24, 2.45) is 0 Å². The first-order valence-corrected chi connectivity index (χ1v) is 8.32. The topological polar surface area (TPSA) is 47.6 Å². The Kier molecular flexibility index (Phi) is 6.87. The molecule has 0 aliphatic rings. The van der Waals surface area contributed by atoms with Gasteiger partial charge in [-0.2, -0.15) is 0 Å². The number of hydrogen-bond donors (Lipinski definition) is 1. The maximum atomic E-state index is 11.8. The van der Waals surface area contributed by atoms with Crippen molar-refractivity contribution in [3.63, 3.8) is 0 Å². The number of nitrogens with one attached hydrogen (secondary N) is 1. The summed E-state index contributed by atoms with van der Waals surface area (Å²) in [7, 11) is 1.28. The molecule has 128 valence electrons. The molecular weight excluding hydrogens is 396 g/mol. The molecule has 24 heavy (non-hydrogen) atoms. The molecule has 0 spiro atoms. The average molecular weight is 409 g/mol. The molecule has 0 aliphatic heterocycles. The minimum absolute atomic E-state index is 0.246. The van der Waals surface area contributed by atoms with Gasteiger partial charge in [0.15, 0.2) is 0 Å². The van der Waals surface area contributed by atoms with Gasteiger partial charge in [-0.15, -0.1) is 0 Å². The highest BCUT2D eigenvalue weighted by atomic mass is 35.5. The summed E-state index contributed by atoms with van der Waals surface area (Å²) in [5.74, 6) is -0.0675. The minimum atomic E-state index is -0.541. The molecule has 4 nitrogen and oxygen atoms in total. The summed E-state index contributed by atoms with van der Waals surface area (Å²) in [6, 6.07) is 7.96. The number of ether oxygens (including phenoxy) is 2. The molecule has 0 bridgehead atoms. The van der Waals surface area contributed by atoms with Crippen LogP contribution in [-0.4, -0.2) is 26.2 Å². The molecule has 0 amide bonds. The Morgan fingerprint density at radius 3 is 2.50 bits per heavy atom. The number of halogens is 4. The molecule has 2 rings (SSSR count). The molecule has 8 heteroatoms. The van der Waals surface area contributed by atoms with Gasteiger partial charge < -0.3 is 14.8 Å². The van der Waals surface area contributed by atoms with Crippen molar-refractivity contribution in [2.75, 3.05) is 25.6 Å². The van der Waals surface area contributed by atoms with Crippen molar-refractivity contribution in [3.8, 4) is 5.75 Å². The molecule has 0 aromatic heterocycles. The predicted octanol–water partition coefficient (Wildman–Crippen LogP) is 5.58. The third-order valence-electron chi connectivity index (χ3n) is 3.01. The Labute approximate surface area is 159 Å². The Morgan fingerprint density at radius 2 is 1.79 bits per heavy atom. The highest BCUT2D eigenvalue weighted by Gasteiger charge is 2.16. The molecular formula is C16H13Cl4NO3. The van der Waals surface area contributed by atoms with Gasteiger partial charge >= 0.3 is 5.97 Å². The van der Waals surface area contributed by atoms with E-state index in [0.717, 1.165) is 0 Å². The second kappa shape index (κ2) is 8.67. The molecule has 2 aromatic carbocycles. The lowest BCUT2D eigenvalue weighted by atomic mass is 10.1. The lowest BCUT2D eigenvalue weighted by Gasteiger charge is -2.14. The van der Waals surface area contributed by atoms with E-state index < -0.39 is 5.97 Å². The average Bonchev–Trinajstić information content (AvgIpc) is 2.54. The fraction of sp³-hybridized carbons (Fsp3) is 0.188. The van der Waals surface area contributed by atoms with Gasteiger partial charge in [0.1, 0.15) is 12.4 Å². The van der Waals surface area contributed by atoms with Gasteiger partial charge in [-0.05, 0) is 24.3 Å². The Balaban J connectivity index is 2.04.